The highest BCUT2D eigenvalue weighted by molar-refractivity contribution is 7.91. The van der Waals surface area contributed by atoms with E-state index in [0.717, 1.165) is 38.9 Å². The Morgan fingerprint density at radius 1 is 1.42 bits per heavy atom. The van der Waals surface area contributed by atoms with Crippen molar-refractivity contribution in [3.05, 3.63) is 17.5 Å². The average molecular weight is 304 g/mol. The first-order chi connectivity index (χ1) is 9.12. The molecule has 108 valence electrons. The lowest BCUT2D eigenvalue weighted by molar-refractivity contribution is 0.184. The molecule has 2 heterocycles. The van der Waals surface area contributed by atoms with E-state index >= 15 is 0 Å². The smallest absolute Gasteiger partial charge is 0.250 e. The summed E-state index contributed by atoms with van der Waals surface area (Å²) in [4.78, 5) is 2.27. The van der Waals surface area contributed by atoms with Crippen LogP contribution in [0.3, 0.4) is 0 Å². The minimum atomic E-state index is -3.34. The first-order valence-corrected chi connectivity index (χ1v) is 8.87. The highest BCUT2D eigenvalue weighted by Crippen LogP contribution is 2.18. The van der Waals surface area contributed by atoms with E-state index in [4.69, 9.17) is 5.11 Å². The van der Waals surface area contributed by atoms with Crippen molar-refractivity contribution in [3.63, 3.8) is 0 Å². The number of hydrogen-bond acceptors (Lipinski definition) is 5. The van der Waals surface area contributed by atoms with Gasteiger partial charge in [0.2, 0.25) is 10.0 Å². The molecular weight excluding hydrogens is 284 g/mol. The van der Waals surface area contributed by atoms with Crippen molar-refractivity contribution < 1.29 is 13.5 Å². The fourth-order valence-electron chi connectivity index (χ4n) is 2.26. The summed E-state index contributed by atoms with van der Waals surface area (Å²) in [6.07, 6.45) is 2.44. The molecule has 0 amide bonds. The summed E-state index contributed by atoms with van der Waals surface area (Å²) in [5, 5.41) is 10.6. The lowest BCUT2D eigenvalue weighted by atomic mass is 10.1. The molecule has 0 unspecified atom stereocenters. The molecule has 7 heteroatoms. The van der Waals surface area contributed by atoms with Crippen LogP contribution in [0.2, 0.25) is 0 Å². The molecule has 0 saturated carbocycles. The van der Waals surface area contributed by atoms with Crippen LogP contribution in [-0.2, 0) is 10.0 Å². The van der Waals surface area contributed by atoms with Gasteiger partial charge in [-0.1, -0.05) is 6.07 Å². The van der Waals surface area contributed by atoms with Gasteiger partial charge >= 0.3 is 0 Å². The molecule has 2 N–H and O–H groups in total. The number of thiophene rings is 1. The number of rotatable bonds is 6. The minimum absolute atomic E-state index is 0.0254. The van der Waals surface area contributed by atoms with Gasteiger partial charge in [-0.25, -0.2) is 13.1 Å². The van der Waals surface area contributed by atoms with Gasteiger partial charge < -0.3 is 10.0 Å². The molecule has 0 atom stereocenters. The quantitative estimate of drug-likeness (QED) is 0.818. The number of aliphatic hydroxyl groups is 1. The van der Waals surface area contributed by atoms with Gasteiger partial charge in [-0.15, -0.1) is 11.3 Å². The summed E-state index contributed by atoms with van der Waals surface area (Å²) >= 11 is 1.24. The second-order valence-electron chi connectivity index (χ2n) is 4.75. The maximum atomic E-state index is 12.1. The second kappa shape index (κ2) is 6.81. The molecule has 0 aromatic carbocycles. The number of aliphatic hydroxyl groups excluding tert-OH is 1. The number of nitrogens with zero attached hydrogens (tertiary/aromatic N) is 1. The van der Waals surface area contributed by atoms with Crippen molar-refractivity contribution in [2.75, 3.05) is 26.2 Å². The van der Waals surface area contributed by atoms with E-state index in [1.807, 2.05) is 0 Å². The van der Waals surface area contributed by atoms with Crippen LogP contribution in [0.15, 0.2) is 21.7 Å². The number of nitrogens with one attached hydrogen (secondary N) is 1. The Labute approximate surface area is 118 Å². The van der Waals surface area contributed by atoms with Gasteiger partial charge in [0.15, 0.2) is 0 Å². The van der Waals surface area contributed by atoms with Gasteiger partial charge in [-0.05, 0) is 43.8 Å². The normalized spacial score (nSPS) is 18.8. The van der Waals surface area contributed by atoms with E-state index in [1.54, 1.807) is 17.5 Å². The molecule has 1 aromatic heterocycles. The van der Waals surface area contributed by atoms with Crippen LogP contribution in [0.5, 0.6) is 0 Å². The molecule has 2 rings (SSSR count). The third-order valence-corrected chi connectivity index (χ3v) is 6.22. The molecule has 5 nitrogen and oxygen atoms in total. The topological polar surface area (TPSA) is 69.6 Å². The predicted molar refractivity (Wildman–Crippen MR) is 75.8 cm³/mol. The summed E-state index contributed by atoms with van der Waals surface area (Å²) in [6.45, 7) is 2.88. The van der Waals surface area contributed by atoms with Gasteiger partial charge in [-0.2, -0.15) is 0 Å². The van der Waals surface area contributed by atoms with E-state index < -0.39 is 10.0 Å². The first kappa shape index (κ1) is 14.9. The Balaban J connectivity index is 1.83. The van der Waals surface area contributed by atoms with Crippen LogP contribution in [0.4, 0.5) is 0 Å². The summed E-state index contributed by atoms with van der Waals surface area (Å²) in [7, 11) is -3.34. The van der Waals surface area contributed by atoms with Crippen molar-refractivity contribution in [1.82, 2.24) is 9.62 Å². The fraction of sp³-hybridized carbons (Fsp3) is 0.667. The number of piperidine rings is 1. The van der Waals surface area contributed by atoms with Gasteiger partial charge in [0, 0.05) is 19.2 Å². The predicted octanol–water partition coefficient (Wildman–Crippen LogP) is 0.873. The van der Waals surface area contributed by atoms with E-state index in [0.29, 0.717) is 4.21 Å². The summed E-state index contributed by atoms with van der Waals surface area (Å²) < 4.78 is 27.3. The lowest BCUT2D eigenvalue weighted by Crippen LogP contribution is -2.44. The van der Waals surface area contributed by atoms with Gasteiger partial charge in [0.25, 0.3) is 0 Å². The largest absolute Gasteiger partial charge is 0.396 e. The number of hydrogen-bond donors (Lipinski definition) is 2. The Kier molecular flexibility index (Phi) is 5.35. The Bertz CT molecular complexity index is 465. The molecule has 1 aliphatic rings. The molecule has 19 heavy (non-hydrogen) atoms. The number of likely N-dealkylation sites (tertiary alicyclic amines) is 1. The van der Waals surface area contributed by atoms with Crippen molar-refractivity contribution in [1.29, 1.82) is 0 Å². The van der Waals surface area contributed by atoms with Crippen molar-refractivity contribution >= 4 is 21.4 Å². The van der Waals surface area contributed by atoms with Gasteiger partial charge in [0.05, 0.1) is 0 Å². The van der Waals surface area contributed by atoms with E-state index in [-0.39, 0.29) is 12.6 Å². The molecule has 1 aliphatic heterocycles. The molecular formula is C12H20N2O3S2. The third kappa shape index (κ3) is 4.25. The lowest BCUT2D eigenvalue weighted by Gasteiger charge is -2.31. The van der Waals surface area contributed by atoms with Crippen LogP contribution < -0.4 is 4.72 Å². The summed E-state index contributed by atoms with van der Waals surface area (Å²) in [5.74, 6) is 0. The van der Waals surface area contributed by atoms with Crippen LogP contribution in [-0.4, -0.2) is 50.7 Å². The Morgan fingerprint density at radius 3 is 2.74 bits per heavy atom. The molecule has 1 fully saturated rings. The zero-order valence-electron chi connectivity index (χ0n) is 10.8. The van der Waals surface area contributed by atoms with E-state index in [2.05, 4.69) is 9.62 Å². The maximum absolute atomic E-state index is 12.1. The third-order valence-electron chi connectivity index (χ3n) is 3.30. The van der Waals surface area contributed by atoms with Crippen LogP contribution >= 0.6 is 11.3 Å². The van der Waals surface area contributed by atoms with Crippen molar-refractivity contribution in [2.24, 2.45) is 0 Å². The zero-order valence-corrected chi connectivity index (χ0v) is 12.4. The SMILES string of the molecule is O=S(=O)(NC1CCN(CCCO)CC1)c1cccs1. The second-order valence-corrected chi connectivity index (χ2v) is 7.63. The molecule has 0 spiro atoms. The highest BCUT2D eigenvalue weighted by Gasteiger charge is 2.24. The zero-order chi connectivity index (χ0) is 13.7. The Hall–Kier alpha value is -0.470. The van der Waals surface area contributed by atoms with Crippen LogP contribution in [0, 0.1) is 0 Å². The van der Waals surface area contributed by atoms with Crippen molar-refractivity contribution in [3.8, 4) is 0 Å². The Morgan fingerprint density at radius 2 is 2.16 bits per heavy atom. The fourth-order valence-corrected chi connectivity index (χ4v) is 4.58. The molecule has 1 aromatic rings. The van der Waals surface area contributed by atoms with Crippen LogP contribution in [0.25, 0.3) is 0 Å². The van der Waals surface area contributed by atoms with Crippen molar-refractivity contribution in [2.45, 2.75) is 29.5 Å². The minimum Gasteiger partial charge on any atom is -0.396 e. The molecule has 1 saturated heterocycles. The standard InChI is InChI=1S/C12H20N2O3S2/c15-9-2-6-14-7-4-11(5-8-14)13-19(16,17)12-3-1-10-18-12/h1,3,10-11,13,15H,2,4-9H2. The number of sulfonamides is 1. The molecule has 0 bridgehead atoms. The average Bonchev–Trinajstić information content (AvgIpc) is 2.92. The molecule has 0 radical (unpaired) electrons. The summed E-state index contributed by atoms with van der Waals surface area (Å²) in [6, 6.07) is 3.40. The van der Waals surface area contributed by atoms with Gasteiger partial charge in [0.1, 0.15) is 4.21 Å². The van der Waals surface area contributed by atoms with E-state index in [1.165, 1.54) is 11.3 Å². The van der Waals surface area contributed by atoms with Gasteiger partial charge in [-0.3, -0.25) is 0 Å². The van der Waals surface area contributed by atoms with E-state index in [9.17, 15) is 8.42 Å². The maximum Gasteiger partial charge on any atom is 0.250 e. The first-order valence-electron chi connectivity index (χ1n) is 6.51. The monoisotopic (exact) mass is 304 g/mol. The summed E-state index contributed by atoms with van der Waals surface area (Å²) in [5.41, 5.74) is 0. The van der Waals surface area contributed by atoms with Crippen LogP contribution in [0.1, 0.15) is 19.3 Å². The molecule has 0 aliphatic carbocycles. The highest BCUT2D eigenvalue weighted by atomic mass is 32.2.